The van der Waals surface area contributed by atoms with Crippen molar-refractivity contribution in [1.82, 2.24) is 9.80 Å². The average molecular weight is 438 g/mol. The molecule has 0 N–H and O–H groups in total. The number of hydrogen-bond acceptors (Lipinski definition) is 4. The van der Waals surface area contributed by atoms with Crippen LogP contribution in [0.2, 0.25) is 0 Å². The minimum Gasteiger partial charge on any atom is -0.439 e. The number of benzene rings is 2. The molecule has 1 atom stereocenters. The summed E-state index contributed by atoms with van der Waals surface area (Å²) in [6.07, 6.45) is 1.12. The summed E-state index contributed by atoms with van der Waals surface area (Å²) in [5, 5.41) is 0. The summed E-state index contributed by atoms with van der Waals surface area (Å²) in [7, 11) is 0. The molecular formula is C25H27FN2O4. The number of amides is 2. The topological polar surface area (TPSA) is 59.1 Å². The Bertz CT molecular complexity index is 1010. The molecule has 7 heteroatoms. The Morgan fingerprint density at radius 1 is 0.969 bits per heavy atom. The van der Waals surface area contributed by atoms with E-state index in [1.165, 1.54) is 6.07 Å². The van der Waals surface area contributed by atoms with E-state index >= 15 is 0 Å². The van der Waals surface area contributed by atoms with Crippen molar-refractivity contribution < 1.29 is 23.5 Å². The molecular weight excluding hydrogens is 411 g/mol. The zero-order valence-corrected chi connectivity index (χ0v) is 18.0. The first kappa shape index (κ1) is 20.9. The Morgan fingerprint density at radius 2 is 1.69 bits per heavy atom. The van der Waals surface area contributed by atoms with Gasteiger partial charge in [0, 0.05) is 38.3 Å². The van der Waals surface area contributed by atoms with Gasteiger partial charge in [-0.25, -0.2) is 9.18 Å². The van der Waals surface area contributed by atoms with Crippen LogP contribution in [0.4, 0.5) is 9.18 Å². The Hall–Kier alpha value is -2.93. The molecule has 6 nitrogen and oxygen atoms in total. The second kappa shape index (κ2) is 8.20. The van der Waals surface area contributed by atoms with Gasteiger partial charge >= 0.3 is 6.09 Å². The maximum atomic E-state index is 14.8. The molecule has 2 aromatic carbocycles. The predicted molar refractivity (Wildman–Crippen MR) is 115 cm³/mol. The highest BCUT2D eigenvalue weighted by molar-refractivity contribution is 5.89. The van der Waals surface area contributed by atoms with Gasteiger partial charge in [0.15, 0.2) is 5.60 Å². The molecule has 2 aromatic rings. The summed E-state index contributed by atoms with van der Waals surface area (Å²) in [6.45, 7) is 2.58. The largest absolute Gasteiger partial charge is 0.439 e. The molecule has 3 saturated heterocycles. The normalized spacial score (nSPS) is 24.7. The summed E-state index contributed by atoms with van der Waals surface area (Å²) in [4.78, 5) is 29.9. The number of hydrogen-bond donors (Lipinski definition) is 0. The number of rotatable bonds is 4. The second-order valence-electron chi connectivity index (χ2n) is 9.04. The lowest BCUT2D eigenvalue weighted by molar-refractivity contribution is -0.141. The molecule has 0 saturated carbocycles. The monoisotopic (exact) mass is 438 g/mol. The minimum atomic E-state index is -0.943. The Kier molecular flexibility index (Phi) is 5.37. The van der Waals surface area contributed by atoms with E-state index in [1.807, 2.05) is 30.3 Å². The van der Waals surface area contributed by atoms with Gasteiger partial charge in [-0.2, -0.15) is 0 Å². The number of ether oxygens (including phenoxy) is 2. The van der Waals surface area contributed by atoms with Gasteiger partial charge in [0.05, 0.1) is 18.5 Å². The smallest absolute Gasteiger partial charge is 0.410 e. The summed E-state index contributed by atoms with van der Waals surface area (Å²) < 4.78 is 26.1. The third kappa shape index (κ3) is 3.64. The van der Waals surface area contributed by atoms with Crippen LogP contribution in [0.25, 0.3) is 0 Å². The van der Waals surface area contributed by atoms with Gasteiger partial charge in [0.1, 0.15) is 5.82 Å². The van der Waals surface area contributed by atoms with Crippen molar-refractivity contribution >= 4 is 12.0 Å². The molecule has 3 aliphatic rings. The fourth-order valence-electron chi connectivity index (χ4n) is 5.32. The van der Waals surface area contributed by atoms with Crippen molar-refractivity contribution in [3.8, 4) is 0 Å². The van der Waals surface area contributed by atoms with Crippen molar-refractivity contribution in [3.05, 3.63) is 71.5 Å². The van der Waals surface area contributed by atoms with Gasteiger partial charge in [-0.05, 0) is 24.5 Å². The second-order valence-corrected chi connectivity index (χ2v) is 9.04. The summed E-state index contributed by atoms with van der Waals surface area (Å²) in [6, 6.07) is 16.3. The van der Waals surface area contributed by atoms with Crippen molar-refractivity contribution in [1.29, 1.82) is 0 Å². The fraction of sp³-hybridized carbons (Fsp3) is 0.440. The molecule has 5 rings (SSSR count). The molecule has 1 spiro atoms. The zero-order valence-electron chi connectivity index (χ0n) is 18.0. The van der Waals surface area contributed by atoms with E-state index in [-0.39, 0.29) is 17.8 Å². The van der Waals surface area contributed by atoms with Gasteiger partial charge in [0.25, 0.3) is 0 Å². The van der Waals surface area contributed by atoms with E-state index in [0.29, 0.717) is 64.2 Å². The first-order valence-electron chi connectivity index (χ1n) is 11.2. The molecule has 3 aliphatic heterocycles. The molecule has 3 heterocycles. The maximum Gasteiger partial charge on any atom is 0.410 e. The van der Waals surface area contributed by atoms with Gasteiger partial charge in [-0.3, -0.25) is 9.69 Å². The molecule has 168 valence electrons. The highest BCUT2D eigenvalue weighted by Gasteiger charge is 2.54. The Labute approximate surface area is 186 Å². The lowest BCUT2D eigenvalue weighted by Gasteiger charge is -2.39. The minimum absolute atomic E-state index is 0.0969. The van der Waals surface area contributed by atoms with E-state index in [4.69, 9.17) is 9.47 Å². The summed E-state index contributed by atoms with van der Waals surface area (Å²) >= 11 is 0. The summed E-state index contributed by atoms with van der Waals surface area (Å²) in [5.41, 5.74) is -0.179. The van der Waals surface area contributed by atoms with Crippen molar-refractivity contribution in [2.75, 3.05) is 32.8 Å². The highest BCUT2D eigenvalue weighted by Crippen LogP contribution is 2.41. The number of likely N-dealkylation sites (tertiary alicyclic amines) is 1. The molecule has 2 amide bonds. The van der Waals surface area contributed by atoms with Crippen molar-refractivity contribution in [2.24, 2.45) is 0 Å². The number of carbonyl (C=O) groups is 2. The van der Waals surface area contributed by atoms with Crippen molar-refractivity contribution in [2.45, 2.75) is 36.8 Å². The van der Waals surface area contributed by atoms with Gasteiger partial charge in [-0.15, -0.1) is 0 Å². The maximum absolute atomic E-state index is 14.8. The van der Waals surface area contributed by atoms with Crippen LogP contribution in [0.1, 0.15) is 30.4 Å². The first-order valence-corrected chi connectivity index (χ1v) is 11.2. The van der Waals surface area contributed by atoms with Crippen LogP contribution in [-0.2, 0) is 26.2 Å². The number of nitrogens with zero attached hydrogens (tertiary/aromatic N) is 2. The zero-order chi connectivity index (χ0) is 22.2. The van der Waals surface area contributed by atoms with Gasteiger partial charge in [-0.1, -0.05) is 48.5 Å². The molecule has 0 aliphatic carbocycles. The Morgan fingerprint density at radius 3 is 2.44 bits per heavy atom. The van der Waals surface area contributed by atoms with Crippen LogP contribution in [0.15, 0.2) is 54.6 Å². The summed E-state index contributed by atoms with van der Waals surface area (Å²) in [5.74, 6) is -0.460. The van der Waals surface area contributed by atoms with Gasteiger partial charge in [0.2, 0.25) is 5.91 Å². The molecule has 3 fully saturated rings. The van der Waals surface area contributed by atoms with E-state index in [0.717, 1.165) is 5.56 Å². The lowest BCUT2D eigenvalue weighted by Crippen LogP contribution is -2.51. The SMILES string of the molecule is O=C1O[C@]2(CCN(C(=O)C3(c4ccccc4F)CCOCC3)C2)CN1Cc1ccccc1. The van der Waals surface area contributed by atoms with Gasteiger partial charge < -0.3 is 14.4 Å². The van der Waals surface area contributed by atoms with E-state index in [2.05, 4.69) is 0 Å². The quantitative estimate of drug-likeness (QED) is 0.733. The van der Waals surface area contributed by atoms with Crippen LogP contribution in [0, 0.1) is 5.82 Å². The number of carbonyl (C=O) groups excluding carboxylic acids is 2. The van der Waals surface area contributed by atoms with E-state index in [1.54, 1.807) is 28.0 Å². The van der Waals surface area contributed by atoms with Crippen LogP contribution in [-0.4, -0.2) is 60.2 Å². The molecule has 32 heavy (non-hydrogen) atoms. The molecule has 0 radical (unpaired) electrons. The van der Waals surface area contributed by atoms with E-state index < -0.39 is 11.0 Å². The lowest BCUT2D eigenvalue weighted by atomic mass is 9.72. The van der Waals surface area contributed by atoms with Crippen molar-refractivity contribution in [3.63, 3.8) is 0 Å². The average Bonchev–Trinajstić information content (AvgIpc) is 3.36. The van der Waals surface area contributed by atoms with Crippen LogP contribution >= 0.6 is 0 Å². The number of halogens is 1. The molecule has 0 unspecified atom stereocenters. The van der Waals surface area contributed by atoms with E-state index in [9.17, 15) is 14.0 Å². The molecule has 0 aromatic heterocycles. The fourth-order valence-corrected chi connectivity index (χ4v) is 5.32. The predicted octanol–water partition coefficient (Wildman–Crippen LogP) is 3.50. The molecule has 0 bridgehead atoms. The Balaban J connectivity index is 1.35. The standard InChI is InChI=1S/C25H27FN2O4/c26-21-9-5-4-8-20(21)25(11-14-31-15-12-25)22(29)27-13-10-24(17-27)18-28(23(30)32-24)16-19-6-2-1-3-7-19/h1-9H,10-18H2/t24-/m0/s1. The third-order valence-electron chi connectivity index (χ3n) is 7.01. The highest BCUT2D eigenvalue weighted by atomic mass is 19.1. The first-order chi connectivity index (χ1) is 15.5. The van der Waals surface area contributed by atoms with Crippen LogP contribution in [0.3, 0.4) is 0 Å². The third-order valence-corrected chi connectivity index (χ3v) is 7.01. The van der Waals surface area contributed by atoms with Crippen LogP contribution < -0.4 is 0 Å². The van der Waals surface area contributed by atoms with Crippen LogP contribution in [0.5, 0.6) is 0 Å².